The van der Waals surface area contributed by atoms with E-state index >= 15 is 0 Å². The number of hydrogen-bond acceptors (Lipinski definition) is 2. The fraction of sp³-hybridized carbons (Fsp3) is 0.157. The van der Waals surface area contributed by atoms with Crippen LogP contribution in [0.3, 0.4) is 0 Å². The Morgan fingerprint density at radius 2 is 0.514 bits per heavy atom. The Balaban J connectivity index is 0.000000196. The van der Waals surface area contributed by atoms with E-state index in [4.69, 9.17) is 0 Å². The zero-order valence-electron chi connectivity index (χ0n) is 62.6. The van der Waals surface area contributed by atoms with Crippen LogP contribution < -0.4 is 9.80 Å². The van der Waals surface area contributed by atoms with Crippen molar-refractivity contribution in [1.82, 2.24) is 4.57 Å². The van der Waals surface area contributed by atoms with Gasteiger partial charge in [-0.15, -0.1) is 0 Å². The lowest BCUT2D eigenvalue weighted by Gasteiger charge is -2.29. The van der Waals surface area contributed by atoms with Gasteiger partial charge in [-0.2, -0.15) is 0 Å². The summed E-state index contributed by atoms with van der Waals surface area (Å²) in [4.78, 5) is 4.95. The number of benzene rings is 16. The van der Waals surface area contributed by atoms with E-state index in [2.05, 4.69) is 431 Å². The molecule has 3 heteroatoms. The lowest BCUT2D eigenvalue weighted by atomic mass is 9.85. The van der Waals surface area contributed by atoms with Crippen molar-refractivity contribution in [2.45, 2.75) is 105 Å². The molecule has 1 aromatic heterocycles. The topological polar surface area (TPSA) is 11.4 Å². The van der Waals surface area contributed by atoms with Crippen molar-refractivity contribution in [2.24, 2.45) is 0 Å². The molecule has 0 aliphatic rings. The number of aromatic nitrogens is 1. The summed E-state index contributed by atoms with van der Waals surface area (Å²) in [6.07, 6.45) is 0. The van der Waals surface area contributed by atoms with E-state index in [1.807, 2.05) is 0 Å². The molecule has 0 saturated heterocycles. The third-order valence-electron chi connectivity index (χ3n) is 21.5. The van der Waals surface area contributed by atoms with Gasteiger partial charge < -0.3 is 14.4 Å². The van der Waals surface area contributed by atoms with Crippen LogP contribution in [-0.2, 0) is 21.7 Å². The van der Waals surface area contributed by atoms with Gasteiger partial charge in [0.15, 0.2) is 0 Å². The van der Waals surface area contributed by atoms with Gasteiger partial charge in [0.25, 0.3) is 0 Å². The molecule has 17 aromatic rings. The van der Waals surface area contributed by atoms with Crippen molar-refractivity contribution in [3.63, 3.8) is 0 Å². The molecule has 1 heterocycles. The Labute approximate surface area is 620 Å². The van der Waals surface area contributed by atoms with Gasteiger partial charge in [-0.1, -0.05) is 344 Å². The minimum atomic E-state index is 0.0307. The molecular weight excluding hydrogens is 1270 g/mol. The normalized spacial score (nSPS) is 12.2. The number of nitrogens with zero attached hydrogens (tertiary/aromatic N) is 3. The maximum atomic E-state index is 2.52. The van der Waals surface area contributed by atoms with Crippen LogP contribution in [-0.4, -0.2) is 4.57 Å². The Kier molecular flexibility index (Phi) is 17.3. The minimum Gasteiger partial charge on any atom is -0.310 e. The Hall–Kier alpha value is -11.8. The van der Waals surface area contributed by atoms with Crippen LogP contribution in [0.25, 0.3) is 115 Å². The molecule has 0 aliphatic heterocycles. The van der Waals surface area contributed by atoms with Gasteiger partial charge >= 0.3 is 0 Å². The molecule has 0 atom stereocenters. The fourth-order valence-corrected chi connectivity index (χ4v) is 15.9. The van der Waals surface area contributed by atoms with E-state index < -0.39 is 0 Å². The van der Waals surface area contributed by atoms with Crippen molar-refractivity contribution in [2.75, 3.05) is 9.80 Å². The Bertz CT molecular complexity index is 5660. The zero-order chi connectivity index (χ0) is 72.5. The number of para-hydroxylation sites is 1. The molecule has 0 spiro atoms. The van der Waals surface area contributed by atoms with Gasteiger partial charge in [-0.3, -0.25) is 0 Å². The summed E-state index contributed by atoms with van der Waals surface area (Å²) in [5, 5.41) is 15.0. The summed E-state index contributed by atoms with van der Waals surface area (Å²) in [5.41, 5.74) is 23.2. The number of fused-ring (bicyclic) bond motifs is 10. The first kappa shape index (κ1) is 67.7. The number of rotatable bonds is 10. The summed E-state index contributed by atoms with van der Waals surface area (Å²) < 4.78 is 2.52. The standard InChI is InChI=1S/C66H67N3.C36H24/c1-63(2,3)44-26-34-49(35-27-44)67(50-36-28-45(29-37-50)64(4,5)6)57-42-59-61(55-24-18-16-22-53(55)57)62-56-25-19-17-23-54(56)58(43-60(62)69(59)48-20-14-13-15-21-48)68(51-38-30-46(31-39-51)65(7,8)9)52-40-32-47(33-41-52)66(10,11)12;1-2-12-27(13-3-1)35-31-16-6-8-18-33(31)36(34-19-9-7-17-32(34)35)28-23-21-26(22-24-28)30-20-10-14-25-11-4-5-15-29(25)30/h13-43H,1-12H3;1-24H. The highest BCUT2D eigenvalue weighted by atomic mass is 15.2. The molecule has 0 bridgehead atoms. The number of hydrogen-bond donors (Lipinski definition) is 0. The van der Waals surface area contributed by atoms with Crippen molar-refractivity contribution >= 4 is 110 Å². The smallest absolute Gasteiger partial charge is 0.0568 e. The minimum absolute atomic E-state index is 0.0307. The molecule has 514 valence electrons. The molecular formula is C102H91N3. The highest BCUT2D eigenvalue weighted by Crippen LogP contribution is 2.52. The second-order valence-corrected chi connectivity index (χ2v) is 32.5. The van der Waals surface area contributed by atoms with Crippen LogP contribution in [0.15, 0.2) is 334 Å². The first-order valence-electron chi connectivity index (χ1n) is 37.2. The molecule has 0 aliphatic carbocycles. The van der Waals surface area contributed by atoms with Crippen LogP contribution in [0.2, 0.25) is 0 Å². The van der Waals surface area contributed by atoms with Gasteiger partial charge in [-0.05, 0) is 193 Å². The molecule has 0 fully saturated rings. The monoisotopic (exact) mass is 1360 g/mol. The van der Waals surface area contributed by atoms with Gasteiger partial charge in [0.2, 0.25) is 0 Å². The predicted molar refractivity (Wildman–Crippen MR) is 455 cm³/mol. The largest absolute Gasteiger partial charge is 0.310 e. The summed E-state index contributed by atoms with van der Waals surface area (Å²) in [6, 6.07) is 124. The lowest BCUT2D eigenvalue weighted by Crippen LogP contribution is -2.14. The molecule has 3 nitrogen and oxygen atoms in total. The zero-order valence-corrected chi connectivity index (χ0v) is 62.6. The van der Waals surface area contributed by atoms with Gasteiger partial charge in [0.1, 0.15) is 0 Å². The van der Waals surface area contributed by atoms with Crippen molar-refractivity contribution in [3.8, 4) is 39.1 Å². The van der Waals surface area contributed by atoms with Crippen LogP contribution in [0.4, 0.5) is 34.1 Å². The van der Waals surface area contributed by atoms with Crippen LogP contribution >= 0.6 is 0 Å². The number of anilines is 6. The summed E-state index contributed by atoms with van der Waals surface area (Å²) in [6.45, 7) is 27.4. The van der Waals surface area contributed by atoms with Crippen molar-refractivity contribution in [3.05, 3.63) is 356 Å². The van der Waals surface area contributed by atoms with Crippen LogP contribution in [0, 0.1) is 0 Å². The molecule has 0 radical (unpaired) electrons. The third-order valence-corrected chi connectivity index (χ3v) is 21.5. The van der Waals surface area contributed by atoms with Gasteiger partial charge in [0, 0.05) is 50.0 Å². The maximum absolute atomic E-state index is 2.52. The third kappa shape index (κ3) is 12.7. The summed E-state index contributed by atoms with van der Waals surface area (Å²) in [5.74, 6) is 0. The predicted octanol–water partition coefficient (Wildman–Crippen LogP) is 29.4. The molecule has 0 amide bonds. The van der Waals surface area contributed by atoms with Crippen LogP contribution in [0.5, 0.6) is 0 Å². The highest BCUT2D eigenvalue weighted by molar-refractivity contribution is 6.32. The second kappa shape index (κ2) is 26.8. The van der Waals surface area contributed by atoms with E-state index in [0.717, 1.165) is 50.8 Å². The molecule has 16 aromatic carbocycles. The average molecular weight is 1360 g/mol. The molecule has 105 heavy (non-hydrogen) atoms. The van der Waals surface area contributed by atoms with E-state index in [1.54, 1.807) is 0 Å². The fourth-order valence-electron chi connectivity index (χ4n) is 15.9. The quantitative estimate of drug-likeness (QED) is 0.126. The Morgan fingerprint density at radius 1 is 0.229 bits per heavy atom. The molecule has 17 rings (SSSR count). The molecule has 0 saturated carbocycles. The first-order chi connectivity index (χ1) is 50.7. The van der Waals surface area contributed by atoms with E-state index in [1.165, 1.54) is 120 Å². The van der Waals surface area contributed by atoms with Gasteiger partial charge in [0.05, 0.1) is 22.4 Å². The summed E-state index contributed by atoms with van der Waals surface area (Å²) in [7, 11) is 0. The van der Waals surface area contributed by atoms with Crippen molar-refractivity contribution < 1.29 is 0 Å². The van der Waals surface area contributed by atoms with E-state index in [-0.39, 0.29) is 21.7 Å². The average Bonchev–Trinajstić information content (AvgIpc) is 1.52. The SMILES string of the molecule is CC(C)(C)c1ccc(N(c2ccc(C(C)(C)C)cc2)c2cc3c(c4ccccc24)c2c4ccccc4c(N(c4ccc(C(C)(C)C)cc4)c4ccc(C(C)(C)C)cc4)cc2n3-c2ccccc2)cc1.c1ccc(-c2c3ccccc3c(-c3ccc(-c4cccc5ccccc45)cc3)c3ccccc23)cc1. The molecule has 0 unspecified atom stereocenters. The summed E-state index contributed by atoms with van der Waals surface area (Å²) >= 11 is 0. The van der Waals surface area contributed by atoms with E-state index in [0.29, 0.717) is 0 Å². The second-order valence-electron chi connectivity index (χ2n) is 32.5. The van der Waals surface area contributed by atoms with Crippen molar-refractivity contribution in [1.29, 1.82) is 0 Å². The first-order valence-corrected chi connectivity index (χ1v) is 37.2. The maximum Gasteiger partial charge on any atom is 0.0568 e. The highest BCUT2D eigenvalue weighted by Gasteiger charge is 2.28. The van der Waals surface area contributed by atoms with Crippen LogP contribution in [0.1, 0.15) is 105 Å². The molecule has 0 N–H and O–H groups in total. The lowest BCUT2D eigenvalue weighted by molar-refractivity contribution is 0.590. The van der Waals surface area contributed by atoms with Gasteiger partial charge in [-0.25, -0.2) is 0 Å². The van der Waals surface area contributed by atoms with E-state index in [9.17, 15) is 0 Å². The Morgan fingerprint density at radius 3 is 0.876 bits per heavy atom.